The quantitative estimate of drug-likeness (QED) is 0.824. The smallest absolute Gasteiger partial charge is 0.0545 e. The Hall–Kier alpha value is -0.0500. The highest BCUT2D eigenvalue weighted by Gasteiger charge is 2.37. The van der Waals surface area contributed by atoms with Crippen LogP contribution in [0.25, 0.3) is 0 Å². The lowest BCUT2D eigenvalue weighted by Crippen LogP contribution is -2.21. The van der Waals surface area contributed by atoms with Gasteiger partial charge < -0.3 is 5.73 Å². The third-order valence-corrected chi connectivity index (χ3v) is 4.28. The van der Waals surface area contributed by atoms with Gasteiger partial charge in [-0.05, 0) is 38.7 Å². The van der Waals surface area contributed by atoms with Gasteiger partial charge in [0.15, 0.2) is 0 Å². The van der Waals surface area contributed by atoms with Gasteiger partial charge in [0, 0.05) is 15.3 Å². The Morgan fingerprint density at radius 2 is 2.31 bits per heavy atom. The van der Waals surface area contributed by atoms with Gasteiger partial charge in [-0.2, -0.15) is 0 Å². The van der Waals surface area contributed by atoms with Crippen LogP contribution in [0.1, 0.15) is 29.0 Å². The molecule has 0 bridgehead atoms. The van der Waals surface area contributed by atoms with Crippen LogP contribution in [0.15, 0.2) is 6.07 Å². The normalized spacial score (nSPS) is 19.0. The number of aryl methyl sites for hydroxylation is 2. The van der Waals surface area contributed by atoms with E-state index in [-0.39, 0.29) is 5.54 Å². The zero-order valence-corrected chi connectivity index (χ0v) is 9.34. The summed E-state index contributed by atoms with van der Waals surface area (Å²) in [5, 5.41) is 0.905. The lowest BCUT2D eigenvalue weighted by Gasteiger charge is -2.05. The SMILES string of the molecule is Cc1sc(CCC2(N)CC2)cc1Cl. The molecule has 1 fully saturated rings. The van der Waals surface area contributed by atoms with Gasteiger partial charge in [-0.15, -0.1) is 11.3 Å². The van der Waals surface area contributed by atoms with Gasteiger partial charge in [0.25, 0.3) is 0 Å². The number of hydrogen-bond acceptors (Lipinski definition) is 2. The van der Waals surface area contributed by atoms with E-state index >= 15 is 0 Å². The van der Waals surface area contributed by atoms with Crippen molar-refractivity contribution in [3.8, 4) is 0 Å². The minimum Gasteiger partial charge on any atom is -0.325 e. The largest absolute Gasteiger partial charge is 0.325 e. The Labute approximate surface area is 87.9 Å². The minimum absolute atomic E-state index is 0.171. The van der Waals surface area contributed by atoms with Crippen LogP contribution in [0.2, 0.25) is 5.02 Å². The summed E-state index contributed by atoms with van der Waals surface area (Å²) in [4.78, 5) is 2.60. The first kappa shape index (κ1) is 9.50. The van der Waals surface area contributed by atoms with Crippen molar-refractivity contribution in [2.75, 3.05) is 0 Å². The van der Waals surface area contributed by atoms with Crippen LogP contribution < -0.4 is 5.73 Å². The van der Waals surface area contributed by atoms with Gasteiger partial charge in [-0.25, -0.2) is 0 Å². The van der Waals surface area contributed by atoms with E-state index in [1.165, 1.54) is 22.6 Å². The second-order valence-electron chi connectivity index (χ2n) is 3.98. The van der Waals surface area contributed by atoms with E-state index in [1.54, 1.807) is 11.3 Å². The van der Waals surface area contributed by atoms with E-state index in [0.717, 1.165) is 17.9 Å². The molecule has 1 aliphatic carbocycles. The maximum Gasteiger partial charge on any atom is 0.0545 e. The number of nitrogens with two attached hydrogens (primary N) is 1. The standard InChI is InChI=1S/C10H14ClNS/c1-7-9(11)6-8(13-7)2-3-10(12)4-5-10/h6H,2-5,12H2,1H3. The van der Waals surface area contributed by atoms with Crippen molar-refractivity contribution in [1.29, 1.82) is 0 Å². The first-order valence-electron chi connectivity index (χ1n) is 4.63. The van der Waals surface area contributed by atoms with Crippen molar-refractivity contribution in [1.82, 2.24) is 0 Å². The number of hydrogen-bond donors (Lipinski definition) is 1. The first-order chi connectivity index (χ1) is 6.09. The Morgan fingerprint density at radius 3 is 2.77 bits per heavy atom. The zero-order chi connectivity index (χ0) is 9.47. The van der Waals surface area contributed by atoms with Crippen molar-refractivity contribution >= 4 is 22.9 Å². The van der Waals surface area contributed by atoms with E-state index in [1.807, 2.05) is 0 Å². The maximum atomic E-state index is 6.01. The molecule has 1 aromatic heterocycles. The average molecular weight is 216 g/mol. The molecule has 0 atom stereocenters. The summed E-state index contributed by atoms with van der Waals surface area (Å²) in [6.45, 7) is 2.06. The Balaban J connectivity index is 1.94. The molecule has 0 aromatic carbocycles. The average Bonchev–Trinajstić information content (AvgIpc) is 2.72. The van der Waals surface area contributed by atoms with Crippen molar-refractivity contribution in [3.05, 3.63) is 20.8 Å². The van der Waals surface area contributed by atoms with Crippen LogP contribution in [0.3, 0.4) is 0 Å². The maximum absolute atomic E-state index is 6.01. The molecule has 3 heteroatoms. The number of halogens is 1. The second kappa shape index (κ2) is 3.26. The van der Waals surface area contributed by atoms with E-state index in [0.29, 0.717) is 0 Å². The fraction of sp³-hybridized carbons (Fsp3) is 0.600. The molecule has 0 aliphatic heterocycles. The van der Waals surface area contributed by atoms with Crippen LogP contribution in [0.5, 0.6) is 0 Å². The van der Waals surface area contributed by atoms with E-state index < -0.39 is 0 Å². The molecule has 0 spiro atoms. The first-order valence-corrected chi connectivity index (χ1v) is 5.82. The summed E-state index contributed by atoms with van der Waals surface area (Å²) in [5.74, 6) is 0. The molecule has 72 valence electrons. The summed E-state index contributed by atoms with van der Waals surface area (Å²) in [6, 6.07) is 2.08. The fourth-order valence-corrected chi connectivity index (χ4v) is 2.67. The van der Waals surface area contributed by atoms with Crippen LogP contribution in [-0.2, 0) is 6.42 Å². The third kappa shape index (κ3) is 2.25. The summed E-state index contributed by atoms with van der Waals surface area (Å²) in [6.07, 6.45) is 4.61. The highest BCUT2D eigenvalue weighted by Crippen LogP contribution is 2.37. The Bertz CT molecular complexity index is 295. The molecule has 1 aromatic rings. The summed E-state index contributed by atoms with van der Waals surface area (Å²) < 4.78 is 0. The van der Waals surface area contributed by atoms with Gasteiger partial charge in [0.1, 0.15) is 0 Å². The molecule has 0 amide bonds. The fourth-order valence-electron chi connectivity index (χ4n) is 1.42. The molecule has 13 heavy (non-hydrogen) atoms. The lowest BCUT2D eigenvalue weighted by molar-refractivity contribution is 0.612. The topological polar surface area (TPSA) is 26.0 Å². The van der Waals surface area contributed by atoms with E-state index in [9.17, 15) is 0 Å². The van der Waals surface area contributed by atoms with Crippen molar-refractivity contribution in [2.45, 2.75) is 38.1 Å². The second-order valence-corrected chi connectivity index (χ2v) is 5.73. The molecule has 1 heterocycles. The van der Waals surface area contributed by atoms with Crippen molar-refractivity contribution < 1.29 is 0 Å². The van der Waals surface area contributed by atoms with Gasteiger partial charge >= 0.3 is 0 Å². The highest BCUT2D eigenvalue weighted by atomic mass is 35.5. The molecule has 1 nitrogen and oxygen atoms in total. The van der Waals surface area contributed by atoms with Gasteiger partial charge in [-0.1, -0.05) is 11.6 Å². The number of rotatable bonds is 3. The van der Waals surface area contributed by atoms with Crippen molar-refractivity contribution in [3.63, 3.8) is 0 Å². The van der Waals surface area contributed by atoms with Gasteiger partial charge in [-0.3, -0.25) is 0 Å². The summed E-state index contributed by atoms with van der Waals surface area (Å²) in [7, 11) is 0. The molecule has 1 aliphatic rings. The minimum atomic E-state index is 0.171. The molecule has 0 unspecified atom stereocenters. The van der Waals surface area contributed by atoms with Crippen molar-refractivity contribution in [2.24, 2.45) is 5.73 Å². The number of thiophene rings is 1. The molecule has 2 rings (SSSR count). The molecular formula is C10H14ClNS. The van der Waals surface area contributed by atoms with Gasteiger partial charge in [0.2, 0.25) is 0 Å². The molecule has 0 saturated heterocycles. The predicted molar refractivity (Wildman–Crippen MR) is 58.5 cm³/mol. The van der Waals surface area contributed by atoms with E-state index in [4.69, 9.17) is 17.3 Å². The molecule has 2 N–H and O–H groups in total. The Kier molecular flexibility index (Phi) is 2.39. The monoisotopic (exact) mass is 215 g/mol. The zero-order valence-electron chi connectivity index (χ0n) is 7.77. The highest BCUT2D eigenvalue weighted by molar-refractivity contribution is 7.12. The summed E-state index contributed by atoms with van der Waals surface area (Å²) >= 11 is 7.77. The van der Waals surface area contributed by atoms with Crippen LogP contribution in [0.4, 0.5) is 0 Å². The van der Waals surface area contributed by atoms with Gasteiger partial charge in [0.05, 0.1) is 5.02 Å². The van der Waals surface area contributed by atoms with E-state index in [2.05, 4.69) is 13.0 Å². The third-order valence-electron chi connectivity index (χ3n) is 2.67. The molecule has 1 saturated carbocycles. The Morgan fingerprint density at radius 1 is 1.62 bits per heavy atom. The van der Waals surface area contributed by atoms with Crippen LogP contribution in [0, 0.1) is 6.92 Å². The molecule has 0 radical (unpaired) electrons. The molecular weight excluding hydrogens is 202 g/mol. The lowest BCUT2D eigenvalue weighted by atomic mass is 10.1. The summed E-state index contributed by atoms with van der Waals surface area (Å²) in [5.41, 5.74) is 6.18. The van der Waals surface area contributed by atoms with Crippen LogP contribution in [-0.4, -0.2) is 5.54 Å². The van der Waals surface area contributed by atoms with Crippen LogP contribution >= 0.6 is 22.9 Å². The predicted octanol–water partition coefficient (Wildman–Crippen LogP) is 3.13.